The van der Waals surface area contributed by atoms with Gasteiger partial charge >= 0.3 is 0 Å². The smallest absolute Gasteiger partial charge is 0.115 e. The Hall–Kier alpha value is -0.420. The predicted molar refractivity (Wildman–Crippen MR) is 81.6 cm³/mol. The zero-order valence-electron chi connectivity index (χ0n) is 10.4. The summed E-state index contributed by atoms with van der Waals surface area (Å²) in [7, 11) is 1.93. The van der Waals surface area contributed by atoms with E-state index in [1.54, 1.807) is 11.3 Å². The summed E-state index contributed by atoms with van der Waals surface area (Å²) in [5, 5.41) is 5.08. The summed E-state index contributed by atoms with van der Waals surface area (Å²) in [6.45, 7) is 4.12. The molecule has 0 saturated carbocycles. The number of aromatic nitrogens is 1. The molecule has 5 heteroatoms. The fourth-order valence-corrected chi connectivity index (χ4v) is 3.60. The maximum absolute atomic E-state index is 6.31. The van der Waals surface area contributed by atoms with Gasteiger partial charge in [0.1, 0.15) is 5.01 Å². The van der Waals surface area contributed by atoms with Gasteiger partial charge in [-0.15, -0.1) is 11.3 Å². The van der Waals surface area contributed by atoms with Crippen molar-refractivity contribution in [1.82, 2.24) is 10.3 Å². The molecule has 0 saturated heterocycles. The number of nitrogens with zero attached hydrogens (tertiary/aromatic N) is 1. The first-order valence-corrected chi connectivity index (χ1v) is 7.57. The summed E-state index contributed by atoms with van der Waals surface area (Å²) in [5.41, 5.74) is 2.14. The van der Waals surface area contributed by atoms with Gasteiger partial charge in [0.25, 0.3) is 0 Å². The molecule has 0 radical (unpaired) electrons. The average Bonchev–Trinajstić information content (AvgIpc) is 2.63. The fraction of sp³-hybridized carbons (Fsp3) is 0.308. The van der Waals surface area contributed by atoms with Gasteiger partial charge in [-0.3, -0.25) is 0 Å². The van der Waals surface area contributed by atoms with Crippen molar-refractivity contribution in [3.05, 3.63) is 48.8 Å². The molecule has 2 rings (SSSR count). The summed E-state index contributed by atoms with van der Waals surface area (Å²) in [5.74, 6) is 0. The monoisotopic (exact) mass is 344 g/mol. The normalized spacial score (nSPS) is 12.7. The molecule has 1 atom stereocenters. The van der Waals surface area contributed by atoms with Crippen LogP contribution in [0.1, 0.15) is 27.2 Å². The lowest BCUT2D eigenvalue weighted by Gasteiger charge is -2.15. The van der Waals surface area contributed by atoms with Crippen molar-refractivity contribution in [3.8, 4) is 0 Å². The molecular formula is C13H14BrClN2S. The van der Waals surface area contributed by atoms with E-state index in [1.807, 2.05) is 32.2 Å². The number of thiazole rings is 1. The maximum atomic E-state index is 6.31. The highest BCUT2D eigenvalue weighted by atomic mass is 79.9. The number of halogens is 2. The molecule has 0 aliphatic rings. The molecular weight excluding hydrogens is 332 g/mol. The van der Waals surface area contributed by atoms with Crippen molar-refractivity contribution in [2.24, 2.45) is 0 Å². The van der Waals surface area contributed by atoms with E-state index in [1.165, 1.54) is 4.88 Å². The van der Waals surface area contributed by atoms with Crippen molar-refractivity contribution in [2.45, 2.75) is 19.9 Å². The Bertz CT molecular complexity index is 549. The third-order valence-electron chi connectivity index (χ3n) is 2.85. The fourth-order valence-electron chi connectivity index (χ4n) is 1.77. The lowest BCUT2D eigenvalue weighted by atomic mass is 10.1. The zero-order valence-corrected chi connectivity index (χ0v) is 13.6. The summed E-state index contributed by atoms with van der Waals surface area (Å²) >= 11 is 11.4. The molecule has 1 unspecified atom stereocenters. The average molecular weight is 346 g/mol. The molecule has 1 aromatic heterocycles. The van der Waals surface area contributed by atoms with Crippen LogP contribution in [-0.4, -0.2) is 12.0 Å². The molecule has 18 heavy (non-hydrogen) atoms. The van der Waals surface area contributed by atoms with E-state index in [-0.39, 0.29) is 6.04 Å². The molecule has 0 fully saturated rings. The Morgan fingerprint density at radius 2 is 2.11 bits per heavy atom. The highest BCUT2D eigenvalue weighted by Crippen LogP contribution is 2.33. The van der Waals surface area contributed by atoms with Crippen LogP contribution < -0.4 is 5.32 Å². The van der Waals surface area contributed by atoms with Gasteiger partial charge in [-0.05, 0) is 38.6 Å². The van der Waals surface area contributed by atoms with Crippen molar-refractivity contribution < 1.29 is 0 Å². The standard InChI is InChI=1S/C13H14BrClN2S/c1-7-8(2)18-13(17-7)12(16-3)10-5-4-9(14)6-11(10)15/h4-6,12,16H,1-3H3. The van der Waals surface area contributed by atoms with Crippen LogP contribution in [0.15, 0.2) is 22.7 Å². The van der Waals surface area contributed by atoms with E-state index in [9.17, 15) is 0 Å². The maximum Gasteiger partial charge on any atom is 0.115 e. The van der Waals surface area contributed by atoms with Gasteiger partial charge in [-0.1, -0.05) is 33.6 Å². The lowest BCUT2D eigenvalue weighted by molar-refractivity contribution is 0.685. The highest BCUT2D eigenvalue weighted by molar-refractivity contribution is 9.10. The van der Waals surface area contributed by atoms with E-state index >= 15 is 0 Å². The predicted octanol–water partition coefficient (Wildman–Crippen LogP) is 4.48. The number of hydrogen-bond acceptors (Lipinski definition) is 3. The summed E-state index contributed by atoms with van der Waals surface area (Å²) in [4.78, 5) is 5.86. The minimum absolute atomic E-state index is 0.0444. The van der Waals surface area contributed by atoms with Gasteiger partial charge in [0.05, 0.1) is 11.7 Å². The third-order valence-corrected chi connectivity index (χ3v) is 4.81. The Morgan fingerprint density at radius 3 is 2.61 bits per heavy atom. The molecule has 0 bridgehead atoms. The number of nitrogens with one attached hydrogen (secondary N) is 1. The van der Waals surface area contributed by atoms with Crippen molar-refractivity contribution in [3.63, 3.8) is 0 Å². The van der Waals surface area contributed by atoms with Gasteiger partial charge < -0.3 is 5.32 Å². The Morgan fingerprint density at radius 1 is 1.39 bits per heavy atom. The van der Waals surface area contributed by atoms with Crippen LogP contribution in [0.2, 0.25) is 5.02 Å². The van der Waals surface area contributed by atoms with E-state index in [0.29, 0.717) is 0 Å². The van der Waals surface area contributed by atoms with Gasteiger partial charge in [-0.2, -0.15) is 0 Å². The second-order valence-electron chi connectivity index (χ2n) is 4.08. The molecule has 2 nitrogen and oxygen atoms in total. The Labute approximate surface area is 125 Å². The highest BCUT2D eigenvalue weighted by Gasteiger charge is 2.19. The van der Waals surface area contributed by atoms with Crippen molar-refractivity contribution >= 4 is 38.9 Å². The topological polar surface area (TPSA) is 24.9 Å². The van der Waals surface area contributed by atoms with Crippen LogP contribution in [0.25, 0.3) is 0 Å². The van der Waals surface area contributed by atoms with Crippen LogP contribution in [0.4, 0.5) is 0 Å². The lowest BCUT2D eigenvalue weighted by Crippen LogP contribution is -2.17. The van der Waals surface area contributed by atoms with Gasteiger partial charge in [-0.25, -0.2) is 4.98 Å². The second kappa shape index (κ2) is 5.70. The van der Waals surface area contributed by atoms with Gasteiger partial charge in [0.15, 0.2) is 0 Å². The first kappa shape index (κ1) is 14.0. The summed E-state index contributed by atoms with van der Waals surface area (Å²) in [6, 6.07) is 5.98. The number of hydrogen-bond donors (Lipinski definition) is 1. The Balaban J connectivity index is 2.45. The number of aryl methyl sites for hydroxylation is 2. The molecule has 2 aromatic rings. The van der Waals surface area contributed by atoms with Gasteiger partial charge in [0, 0.05) is 14.4 Å². The molecule has 1 aromatic carbocycles. The molecule has 1 N–H and O–H groups in total. The van der Waals surface area contributed by atoms with Crippen molar-refractivity contribution in [1.29, 1.82) is 0 Å². The Kier molecular flexibility index (Phi) is 4.43. The SMILES string of the molecule is CNC(c1nc(C)c(C)s1)c1ccc(Br)cc1Cl. The molecule has 0 aliphatic heterocycles. The van der Waals surface area contributed by atoms with Gasteiger partial charge in [0.2, 0.25) is 0 Å². The van der Waals surface area contributed by atoms with E-state index < -0.39 is 0 Å². The van der Waals surface area contributed by atoms with E-state index in [0.717, 1.165) is 25.8 Å². The number of rotatable bonds is 3. The van der Waals surface area contributed by atoms with E-state index in [2.05, 4.69) is 33.2 Å². The molecule has 1 heterocycles. The summed E-state index contributed by atoms with van der Waals surface area (Å²) < 4.78 is 0.984. The van der Waals surface area contributed by atoms with Crippen molar-refractivity contribution in [2.75, 3.05) is 7.05 Å². The van der Waals surface area contributed by atoms with Crippen LogP contribution in [0, 0.1) is 13.8 Å². The summed E-state index contributed by atoms with van der Waals surface area (Å²) in [6.07, 6.45) is 0. The molecule has 0 spiro atoms. The van der Waals surface area contributed by atoms with Crippen LogP contribution in [0.3, 0.4) is 0 Å². The van der Waals surface area contributed by atoms with Crippen LogP contribution in [0.5, 0.6) is 0 Å². The van der Waals surface area contributed by atoms with Crippen LogP contribution >= 0.6 is 38.9 Å². The minimum atomic E-state index is 0.0444. The first-order valence-electron chi connectivity index (χ1n) is 5.59. The molecule has 0 amide bonds. The third kappa shape index (κ3) is 2.77. The minimum Gasteiger partial charge on any atom is -0.307 e. The first-order chi connectivity index (χ1) is 8.52. The van der Waals surface area contributed by atoms with Crippen LogP contribution in [-0.2, 0) is 0 Å². The molecule has 96 valence electrons. The largest absolute Gasteiger partial charge is 0.307 e. The zero-order chi connectivity index (χ0) is 13.3. The second-order valence-corrected chi connectivity index (χ2v) is 6.64. The molecule has 0 aliphatic carbocycles. The quantitative estimate of drug-likeness (QED) is 0.887. The van der Waals surface area contributed by atoms with E-state index in [4.69, 9.17) is 11.6 Å². The number of benzene rings is 1.